The molecule has 2 aromatic carbocycles. The van der Waals surface area contributed by atoms with Gasteiger partial charge < -0.3 is 11.8 Å². The van der Waals surface area contributed by atoms with Crippen molar-refractivity contribution in [3.05, 3.63) is 58.1 Å². The first-order valence-corrected chi connectivity index (χ1v) is 6.34. The summed E-state index contributed by atoms with van der Waals surface area (Å²) >= 11 is 12.1. The molecule has 0 fully saturated rings. The molecule has 0 saturated carbocycles. The van der Waals surface area contributed by atoms with Crippen LogP contribution in [-0.4, -0.2) is 11.1 Å². The van der Waals surface area contributed by atoms with Gasteiger partial charge in [0, 0.05) is 5.69 Å². The van der Waals surface area contributed by atoms with Crippen LogP contribution in [0.3, 0.4) is 0 Å². The van der Waals surface area contributed by atoms with E-state index >= 15 is 0 Å². The van der Waals surface area contributed by atoms with Crippen LogP contribution in [0.5, 0.6) is 0 Å². The molecule has 0 unspecified atom stereocenters. The zero-order chi connectivity index (χ0) is 13.8. The molecule has 6 heteroatoms. The van der Waals surface area contributed by atoms with Gasteiger partial charge in [-0.05, 0) is 23.8 Å². The van der Waals surface area contributed by atoms with Crippen LogP contribution in [0, 0.1) is 0 Å². The molecule has 0 amide bonds. The van der Waals surface area contributed by atoms with E-state index < -0.39 is 5.97 Å². The van der Waals surface area contributed by atoms with Crippen molar-refractivity contribution >= 4 is 40.5 Å². The fraction of sp³-hybridized carbons (Fsp3) is 0.0714. The molecular formula is C14H12Cl2NNaO2. The van der Waals surface area contributed by atoms with Gasteiger partial charge in [0.25, 0.3) is 0 Å². The summed E-state index contributed by atoms with van der Waals surface area (Å²) in [5.41, 5.74) is 1.93. The van der Waals surface area contributed by atoms with Crippen LogP contribution in [0.2, 0.25) is 10.0 Å². The number of carbonyl (C=O) groups is 1. The molecule has 0 saturated heterocycles. The molecule has 0 aliphatic rings. The van der Waals surface area contributed by atoms with Crippen LogP contribution in [0.1, 0.15) is 6.99 Å². The number of carboxylic acid groups (broad SMARTS) is 1. The first-order valence-electron chi connectivity index (χ1n) is 5.58. The molecule has 3 nitrogen and oxygen atoms in total. The Balaban J connectivity index is 0.00000200. The van der Waals surface area contributed by atoms with Crippen LogP contribution in [0.15, 0.2) is 42.5 Å². The molecule has 0 aliphatic carbocycles. The van der Waals surface area contributed by atoms with Gasteiger partial charge >= 0.3 is 35.5 Å². The number of hydrogen-bond acceptors (Lipinski definition) is 2. The molecule has 0 aromatic heterocycles. The molecule has 0 heterocycles. The van der Waals surface area contributed by atoms with Gasteiger partial charge in [-0.15, -0.1) is 0 Å². The maximum atomic E-state index is 10.8. The summed E-state index contributed by atoms with van der Waals surface area (Å²) < 4.78 is 0. The minimum Gasteiger partial charge on any atom is -1.00 e. The van der Waals surface area contributed by atoms with E-state index in [-0.39, 0.29) is 37.4 Å². The van der Waals surface area contributed by atoms with Crippen LogP contribution in [0.4, 0.5) is 11.4 Å². The number of hydrogen-bond donors (Lipinski definition) is 2. The Bertz CT molecular complexity index is 605. The van der Waals surface area contributed by atoms with E-state index in [0.717, 1.165) is 0 Å². The van der Waals surface area contributed by atoms with E-state index in [4.69, 9.17) is 28.3 Å². The van der Waals surface area contributed by atoms with Crippen molar-refractivity contribution in [3.8, 4) is 0 Å². The van der Waals surface area contributed by atoms with Gasteiger partial charge in [0.15, 0.2) is 0 Å². The summed E-state index contributed by atoms with van der Waals surface area (Å²) in [7, 11) is 0. The maximum absolute atomic E-state index is 10.8. The summed E-state index contributed by atoms with van der Waals surface area (Å²) in [6.07, 6.45) is -0.0642. The van der Waals surface area contributed by atoms with Gasteiger partial charge in [-0.2, -0.15) is 0 Å². The number of aliphatic carboxylic acids is 1. The number of benzene rings is 2. The normalized spacial score (nSPS) is 9.70. The Morgan fingerprint density at radius 3 is 2.30 bits per heavy atom. The summed E-state index contributed by atoms with van der Waals surface area (Å²) in [4.78, 5) is 10.8. The molecular weight excluding hydrogens is 308 g/mol. The van der Waals surface area contributed by atoms with Crippen molar-refractivity contribution in [1.29, 1.82) is 0 Å². The second-order valence-corrected chi connectivity index (χ2v) is 4.76. The van der Waals surface area contributed by atoms with Gasteiger partial charge in [-0.3, -0.25) is 4.79 Å². The fourth-order valence-corrected chi connectivity index (χ4v) is 2.20. The van der Waals surface area contributed by atoms with Gasteiger partial charge in [0.1, 0.15) is 0 Å². The number of nitrogens with one attached hydrogen (secondary N) is 1. The van der Waals surface area contributed by atoms with E-state index in [1.54, 1.807) is 36.4 Å². The topological polar surface area (TPSA) is 49.3 Å². The molecule has 20 heavy (non-hydrogen) atoms. The van der Waals surface area contributed by atoms with Crippen LogP contribution in [0.25, 0.3) is 0 Å². The third-order valence-corrected chi connectivity index (χ3v) is 3.21. The van der Waals surface area contributed by atoms with Gasteiger partial charge in [0.2, 0.25) is 0 Å². The summed E-state index contributed by atoms with van der Waals surface area (Å²) in [6, 6.07) is 12.3. The third kappa shape index (κ3) is 4.40. The SMILES string of the molecule is O=C(O)Cc1ccccc1Nc1c(Cl)cccc1Cl.[H-].[Na+]. The molecule has 2 rings (SSSR count). The van der Waals surface area contributed by atoms with Crippen molar-refractivity contribution in [2.24, 2.45) is 0 Å². The molecule has 0 atom stereocenters. The van der Waals surface area contributed by atoms with Crippen molar-refractivity contribution in [2.75, 3.05) is 5.32 Å². The van der Waals surface area contributed by atoms with Crippen molar-refractivity contribution in [2.45, 2.75) is 6.42 Å². The summed E-state index contributed by atoms with van der Waals surface area (Å²) in [5, 5.41) is 12.9. The van der Waals surface area contributed by atoms with Gasteiger partial charge in [0.05, 0.1) is 22.2 Å². The second-order valence-electron chi connectivity index (χ2n) is 3.95. The van der Waals surface area contributed by atoms with E-state index in [2.05, 4.69) is 5.32 Å². The van der Waals surface area contributed by atoms with E-state index in [9.17, 15) is 4.79 Å². The van der Waals surface area contributed by atoms with Crippen LogP contribution >= 0.6 is 23.2 Å². The Labute approximate surface area is 150 Å². The number of anilines is 2. The Morgan fingerprint density at radius 1 is 1.10 bits per heavy atom. The maximum Gasteiger partial charge on any atom is 1.00 e. The first-order chi connectivity index (χ1) is 9.08. The van der Waals surface area contributed by atoms with E-state index in [1.165, 1.54) is 0 Å². The molecule has 2 N–H and O–H groups in total. The first kappa shape index (κ1) is 17.3. The predicted molar refractivity (Wildman–Crippen MR) is 78.6 cm³/mol. The minimum absolute atomic E-state index is 0. The Hall–Kier alpha value is -0.710. The Morgan fingerprint density at radius 2 is 1.70 bits per heavy atom. The molecule has 100 valence electrons. The molecule has 0 radical (unpaired) electrons. The van der Waals surface area contributed by atoms with E-state index in [1.807, 2.05) is 6.07 Å². The van der Waals surface area contributed by atoms with Crippen LogP contribution in [-0.2, 0) is 11.2 Å². The molecule has 0 bridgehead atoms. The average Bonchev–Trinajstić information content (AvgIpc) is 2.35. The largest absolute Gasteiger partial charge is 1.00 e. The number of para-hydroxylation sites is 2. The molecule has 0 aliphatic heterocycles. The monoisotopic (exact) mass is 319 g/mol. The van der Waals surface area contributed by atoms with Gasteiger partial charge in [-0.1, -0.05) is 47.5 Å². The number of carboxylic acids is 1. The average molecular weight is 320 g/mol. The van der Waals surface area contributed by atoms with Crippen molar-refractivity contribution < 1.29 is 40.9 Å². The quantitative estimate of drug-likeness (QED) is 0.839. The molecule has 0 spiro atoms. The smallest absolute Gasteiger partial charge is 1.00 e. The standard InChI is InChI=1S/C14H11Cl2NO2.Na.H/c15-10-5-3-6-11(16)14(10)17-12-7-2-1-4-9(12)8-13(18)19;;/h1-7,17H,8H2,(H,18,19);;/q;+1;-1. The summed E-state index contributed by atoms with van der Waals surface area (Å²) in [6.45, 7) is 0. The predicted octanol–water partition coefficient (Wildman–Crippen LogP) is 1.48. The van der Waals surface area contributed by atoms with E-state index in [0.29, 0.717) is 27.0 Å². The van der Waals surface area contributed by atoms with Crippen molar-refractivity contribution in [1.82, 2.24) is 0 Å². The van der Waals surface area contributed by atoms with Gasteiger partial charge in [-0.25, -0.2) is 0 Å². The number of halogens is 2. The zero-order valence-electron chi connectivity index (χ0n) is 11.9. The second kappa shape index (κ2) is 7.91. The number of rotatable bonds is 4. The van der Waals surface area contributed by atoms with Crippen LogP contribution < -0.4 is 34.9 Å². The summed E-state index contributed by atoms with van der Waals surface area (Å²) in [5.74, 6) is -0.889. The minimum atomic E-state index is -0.889. The van der Waals surface area contributed by atoms with Crippen molar-refractivity contribution in [3.63, 3.8) is 0 Å². The Kier molecular flexibility index (Phi) is 6.86. The third-order valence-electron chi connectivity index (χ3n) is 2.58. The fourth-order valence-electron chi connectivity index (χ4n) is 1.71. The molecule has 2 aromatic rings. The zero-order valence-corrected chi connectivity index (χ0v) is 14.4.